The minimum absolute atomic E-state index is 0.00102. The molecule has 0 spiro atoms. The molecule has 0 heterocycles. The number of phosphoric ester groups is 1. The number of carbonyl (C=O) groups excluding carboxylic acids is 2. The van der Waals surface area contributed by atoms with Gasteiger partial charge in [0, 0.05) is 19.4 Å². The van der Waals surface area contributed by atoms with E-state index in [0.29, 0.717) is 12.8 Å². The summed E-state index contributed by atoms with van der Waals surface area (Å²) >= 11 is 0. The van der Waals surface area contributed by atoms with Crippen LogP contribution in [0, 0.1) is 0 Å². The lowest BCUT2D eigenvalue weighted by atomic mass is 9.87. The van der Waals surface area contributed by atoms with Gasteiger partial charge in [0.25, 0.3) is 0 Å². The molecular formula is C39H76NO8P. The Morgan fingerprint density at radius 2 is 1.00 bits per heavy atom. The molecule has 2 unspecified atom stereocenters. The second-order valence-corrected chi connectivity index (χ2v) is 15.3. The van der Waals surface area contributed by atoms with E-state index >= 15 is 0 Å². The molecule has 0 saturated heterocycles. The maximum atomic E-state index is 13.5. The van der Waals surface area contributed by atoms with E-state index in [1.54, 1.807) is 0 Å². The summed E-state index contributed by atoms with van der Waals surface area (Å²) in [5.41, 5.74) is 3.66. The van der Waals surface area contributed by atoms with E-state index in [1.165, 1.54) is 89.9 Å². The zero-order chi connectivity index (χ0) is 36.5. The van der Waals surface area contributed by atoms with Crippen LogP contribution in [0.15, 0.2) is 12.2 Å². The Balaban J connectivity index is 4.70. The summed E-state index contributed by atoms with van der Waals surface area (Å²) < 4.78 is 22.9. The summed E-state index contributed by atoms with van der Waals surface area (Å²) in [6, 6.07) is 0. The fourth-order valence-electron chi connectivity index (χ4n) is 6.04. The van der Waals surface area contributed by atoms with Gasteiger partial charge in [0.15, 0.2) is 11.6 Å². The molecular weight excluding hydrogens is 641 g/mol. The minimum atomic E-state index is -4.95. The summed E-state index contributed by atoms with van der Waals surface area (Å²) in [6.07, 6.45) is 32.5. The fraction of sp³-hybridized carbons (Fsp3) is 0.897. The van der Waals surface area contributed by atoms with Crippen LogP contribution in [0.4, 0.5) is 0 Å². The first-order valence-corrected chi connectivity index (χ1v) is 21.6. The first-order chi connectivity index (χ1) is 23.7. The van der Waals surface area contributed by atoms with Crippen molar-refractivity contribution < 1.29 is 38.3 Å². The van der Waals surface area contributed by atoms with Crippen molar-refractivity contribution in [2.24, 2.45) is 5.73 Å². The number of carbonyl (C=O) groups is 2. The monoisotopic (exact) mass is 718 g/mol. The molecule has 49 heavy (non-hydrogen) atoms. The molecule has 0 saturated carbocycles. The molecule has 0 aromatic carbocycles. The Morgan fingerprint density at radius 1 is 0.653 bits per heavy atom. The van der Waals surface area contributed by atoms with Crippen LogP contribution in [0.2, 0.25) is 0 Å². The number of hydrogen-bond acceptors (Lipinski definition) is 8. The van der Waals surface area contributed by atoms with Crippen LogP contribution < -0.4 is 5.73 Å². The quantitative estimate of drug-likeness (QED) is 0.0211. The van der Waals surface area contributed by atoms with Gasteiger partial charge < -0.3 is 20.8 Å². The molecule has 0 aliphatic heterocycles. The number of unbranched alkanes of at least 4 members (excludes halogenated alkanes) is 23. The molecule has 10 heteroatoms. The highest BCUT2D eigenvalue weighted by Crippen LogP contribution is 2.48. The molecule has 9 nitrogen and oxygen atoms in total. The first-order valence-electron chi connectivity index (χ1n) is 20.1. The van der Waals surface area contributed by atoms with E-state index in [9.17, 15) is 24.2 Å². The molecule has 0 aliphatic carbocycles. The third-order valence-corrected chi connectivity index (χ3v) is 10.3. The predicted molar refractivity (Wildman–Crippen MR) is 202 cm³/mol. The summed E-state index contributed by atoms with van der Waals surface area (Å²) in [6.45, 7) is 2.51. The minimum Gasteiger partial charge on any atom is -0.394 e. The van der Waals surface area contributed by atoms with Gasteiger partial charge in [-0.15, -0.1) is 0 Å². The molecule has 0 radical (unpaired) electrons. The van der Waals surface area contributed by atoms with Crippen molar-refractivity contribution >= 4 is 19.4 Å². The van der Waals surface area contributed by atoms with E-state index in [2.05, 4.69) is 26.0 Å². The molecule has 0 aromatic heterocycles. The van der Waals surface area contributed by atoms with Gasteiger partial charge in [0.05, 0.1) is 13.2 Å². The lowest BCUT2D eigenvalue weighted by Crippen LogP contribution is -2.54. The van der Waals surface area contributed by atoms with Crippen LogP contribution in [0.5, 0.6) is 0 Å². The predicted octanol–water partition coefficient (Wildman–Crippen LogP) is 9.83. The van der Waals surface area contributed by atoms with Crippen molar-refractivity contribution in [3.05, 3.63) is 12.2 Å². The van der Waals surface area contributed by atoms with E-state index in [4.69, 9.17) is 19.9 Å². The highest BCUT2D eigenvalue weighted by atomic mass is 31.2. The Kier molecular flexibility index (Phi) is 32.3. The van der Waals surface area contributed by atoms with Crippen molar-refractivity contribution in [2.45, 2.75) is 205 Å². The van der Waals surface area contributed by atoms with Crippen LogP contribution in [0.3, 0.4) is 0 Å². The number of Topliss-reactive ketones (excluding diaryl/α,β-unsaturated/α-hetero) is 2. The molecule has 0 fully saturated rings. The van der Waals surface area contributed by atoms with E-state index < -0.39 is 50.9 Å². The Bertz CT molecular complexity index is 870. The van der Waals surface area contributed by atoms with Gasteiger partial charge in [0.1, 0.15) is 6.10 Å². The summed E-state index contributed by atoms with van der Waals surface area (Å²) in [5.74, 6) is -1.23. The number of phosphoric acid groups is 1. The summed E-state index contributed by atoms with van der Waals surface area (Å²) in [7, 11) is -4.95. The topological polar surface area (TPSA) is 156 Å². The fourth-order valence-corrected chi connectivity index (χ4v) is 7.13. The van der Waals surface area contributed by atoms with E-state index in [-0.39, 0.29) is 12.8 Å². The molecule has 5 N–H and O–H groups in total. The maximum Gasteiger partial charge on any atom is 0.473 e. The van der Waals surface area contributed by atoms with Gasteiger partial charge in [-0.3, -0.25) is 18.6 Å². The number of hydrogen-bond donors (Lipinski definition) is 4. The molecule has 0 bridgehead atoms. The van der Waals surface area contributed by atoms with E-state index in [0.717, 1.165) is 64.2 Å². The van der Waals surface area contributed by atoms with Gasteiger partial charge in [-0.05, 0) is 38.5 Å². The van der Waals surface area contributed by atoms with Gasteiger partial charge in [-0.2, -0.15) is 0 Å². The Hall–Kier alpha value is -0.930. The zero-order valence-electron chi connectivity index (χ0n) is 31.6. The lowest BCUT2D eigenvalue weighted by Gasteiger charge is -2.31. The third kappa shape index (κ3) is 26.5. The molecule has 0 rings (SSSR count). The van der Waals surface area contributed by atoms with Crippen molar-refractivity contribution in [3.63, 3.8) is 0 Å². The molecule has 290 valence electrons. The zero-order valence-corrected chi connectivity index (χ0v) is 32.5. The first kappa shape index (κ1) is 48.1. The van der Waals surface area contributed by atoms with Gasteiger partial charge in [0.2, 0.25) is 5.60 Å². The summed E-state index contributed by atoms with van der Waals surface area (Å²) in [5, 5.41) is 18.6. The maximum absolute atomic E-state index is 13.5. The third-order valence-electron chi connectivity index (χ3n) is 9.27. The molecule has 3 atom stereocenters. The lowest BCUT2D eigenvalue weighted by molar-refractivity contribution is -0.149. The number of aliphatic hydroxyl groups is 2. The Labute approximate surface area is 300 Å². The van der Waals surface area contributed by atoms with Gasteiger partial charge in [-0.1, -0.05) is 154 Å². The van der Waals surface area contributed by atoms with Gasteiger partial charge in [-0.25, -0.2) is 4.57 Å². The van der Waals surface area contributed by atoms with Crippen molar-refractivity contribution in [1.82, 2.24) is 0 Å². The number of allylic oxidation sites excluding steroid dienone is 2. The van der Waals surface area contributed by atoms with Crippen molar-refractivity contribution in [1.29, 1.82) is 0 Å². The SMILES string of the molecule is CCCCCCCC/C=C\CCCCCCCC(=O)C(CN)(OP(=O)(O)OC[C@H](O)CO)C(=O)CCCCCCCCCCCCCCC. The average molecular weight is 718 g/mol. The second-order valence-electron chi connectivity index (χ2n) is 13.9. The van der Waals surface area contributed by atoms with Crippen molar-refractivity contribution in [2.75, 3.05) is 19.8 Å². The molecule has 0 aromatic rings. The number of aliphatic hydroxyl groups excluding tert-OH is 2. The Morgan fingerprint density at radius 3 is 1.35 bits per heavy atom. The number of rotatable bonds is 38. The highest BCUT2D eigenvalue weighted by Gasteiger charge is 2.49. The standard InChI is InChI=1S/C39H76NO8P/c1-3-5-7-9-11-13-15-17-18-20-22-24-26-28-30-32-38(44)39(35-40,48-49(45,46)47-34-36(42)33-41)37(43)31-29-27-25-23-21-19-16-14-12-10-8-6-4-2/h17-18,36,41-42H,3-16,19-35,40H2,1-2H3,(H,45,46)/b18-17-/t36-,39?/m1/s1. The van der Waals surface area contributed by atoms with Crippen LogP contribution in [-0.4, -0.2) is 58.1 Å². The second kappa shape index (κ2) is 32.9. The molecule has 0 aliphatic rings. The van der Waals surface area contributed by atoms with Crippen LogP contribution in [0.1, 0.15) is 194 Å². The smallest absolute Gasteiger partial charge is 0.394 e. The van der Waals surface area contributed by atoms with Crippen LogP contribution >= 0.6 is 7.82 Å². The van der Waals surface area contributed by atoms with Crippen molar-refractivity contribution in [3.8, 4) is 0 Å². The summed E-state index contributed by atoms with van der Waals surface area (Å²) in [4.78, 5) is 37.3. The highest BCUT2D eigenvalue weighted by molar-refractivity contribution is 7.47. The van der Waals surface area contributed by atoms with Crippen LogP contribution in [0.25, 0.3) is 0 Å². The number of nitrogens with two attached hydrogens (primary N) is 1. The van der Waals surface area contributed by atoms with E-state index in [1.807, 2.05) is 0 Å². The normalized spacial score (nSPS) is 15.0. The largest absolute Gasteiger partial charge is 0.473 e. The average Bonchev–Trinajstić information content (AvgIpc) is 3.09. The number of ketones is 2. The molecule has 0 amide bonds. The van der Waals surface area contributed by atoms with Crippen LogP contribution in [-0.2, 0) is 23.2 Å². The van der Waals surface area contributed by atoms with Gasteiger partial charge >= 0.3 is 7.82 Å².